The van der Waals surface area contributed by atoms with Crippen LogP contribution in [0.5, 0.6) is 11.5 Å². The molecule has 0 heterocycles. The monoisotopic (exact) mass is 297 g/mol. The van der Waals surface area contributed by atoms with Gasteiger partial charge < -0.3 is 15.6 Å². The molecule has 4 nitrogen and oxygen atoms in total. The number of primary amides is 1. The van der Waals surface area contributed by atoms with Crippen molar-refractivity contribution in [3.05, 3.63) is 48.0 Å². The van der Waals surface area contributed by atoms with Gasteiger partial charge in [0.2, 0.25) is 5.91 Å². The maximum atomic E-state index is 12.2. The third kappa shape index (κ3) is 3.65. The molecule has 2 rings (SSSR count). The summed E-state index contributed by atoms with van der Waals surface area (Å²) in [6, 6.07) is 9.05. The highest BCUT2D eigenvalue weighted by Crippen LogP contribution is 2.33. The Bertz CT molecular complexity index is 683. The van der Waals surface area contributed by atoms with Crippen LogP contribution in [0, 0.1) is 0 Å². The van der Waals surface area contributed by atoms with Crippen molar-refractivity contribution in [1.82, 2.24) is 0 Å². The zero-order valence-corrected chi connectivity index (χ0v) is 10.5. The number of nitrogens with two attached hydrogens (primary N) is 1. The number of carbonyl (C=O) groups is 1. The number of alkyl halides is 3. The number of carbonyl (C=O) groups excluding carboxylic acids is 1. The Labute approximate surface area is 117 Å². The van der Waals surface area contributed by atoms with Crippen molar-refractivity contribution in [1.29, 1.82) is 0 Å². The van der Waals surface area contributed by atoms with E-state index in [1.807, 2.05) is 0 Å². The van der Waals surface area contributed by atoms with Crippen LogP contribution in [0.3, 0.4) is 0 Å². The number of amides is 1. The molecule has 0 radical (unpaired) electrons. The van der Waals surface area contributed by atoms with E-state index in [0.717, 1.165) is 18.2 Å². The van der Waals surface area contributed by atoms with Gasteiger partial charge in [-0.2, -0.15) is 0 Å². The molecule has 2 aromatic rings. The van der Waals surface area contributed by atoms with E-state index in [1.165, 1.54) is 24.3 Å². The first-order chi connectivity index (χ1) is 9.76. The van der Waals surface area contributed by atoms with Crippen LogP contribution < -0.4 is 10.5 Å². The normalized spacial score (nSPS) is 11.2. The fourth-order valence-corrected chi connectivity index (χ4v) is 1.79. The Balaban J connectivity index is 2.38. The molecule has 0 aliphatic heterocycles. The van der Waals surface area contributed by atoms with Crippen molar-refractivity contribution in [2.75, 3.05) is 0 Å². The SMILES string of the molecule is NC(=O)c1ccc(-c2cccc(OC(F)(F)F)c2)c(O)c1. The highest BCUT2D eigenvalue weighted by atomic mass is 19.4. The number of aromatic hydroxyl groups is 1. The zero-order valence-electron chi connectivity index (χ0n) is 10.5. The molecule has 1 amide bonds. The predicted molar refractivity (Wildman–Crippen MR) is 68.7 cm³/mol. The second kappa shape index (κ2) is 5.35. The van der Waals surface area contributed by atoms with Crippen molar-refractivity contribution in [2.45, 2.75) is 6.36 Å². The molecule has 0 spiro atoms. The quantitative estimate of drug-likeness (QED) is 0.914. The van der Waals surface area contributed by atoms with E-state index in [-0.39, 0.29) is 16.9 Å². The van der Waals surface area contributed by atoms with Crippen molar-refractivity contribution in [2.24, 2.45) is 5.73 Å². The maximum absolute atomic E-state index is 12.2. The molecule has 0 saturated heterocycles. The molecule has 21 heavy (non-hydrogen) atoms. The van der Waals surface area contributed by atoms with Crippen molar-refractivity contribution >= 4 is 5.91 Å². The lowest BCUT2D eigenvalue weighted by molar-refractivity contribution is -0.274. The minimum atomic E-state index is -4.80. The van der Waals surface area contributed by atoms with Crippen molar-refractivity contribution < 1.29 is 27.8 Å². The van der Waals surface area contributed by atoms with Gasteiger partial charge in [-0.25, -0.2) is 0 Å². The van der Waals surface area contributed by atoms with Crippen molar-refractivity contribution in [3.8, 4) is 22.6 Å². The van der Waals surface area contributed by atoms with Gasteiger partial charge in [-0.15, -0.1) is 13.2 Å². The third-order valence-corrected chi connectivity index (χ3v) is 2.66. The summed E-state index contributed by atoms with van der Waals surface area (Å²) in [7, 11) is 0. The molecule has 0 aliphatic carbocycles. The summed E-state index contributed by atoms with van der Waals surface area (Å²) in [5.74, 6) is -1.39. The summed E-state index contributed by atoms with van der Waals surface area (Å²) < 4.78 is 40.3. The van der Waals surface area contributed by atoms with E-state index in [4.69, 9.17) is 5.73 Å². The lowest BCUT2D eigenvalue weighted by Crippen LogP contribution is -2.17. The standard InChI is InChI=1S/C14H10F3NO3/c15-14(16,17)21-10-3-1-2-8(6-10)11-5-4-9(13(18)20)7-12(11)19/h1-7,19H,(H2,18,20). The summed E-state index contributed by atoms with van der Waals surface area (Å²) in [4.78, 5) is 11.0. The first kappa shape index (κ1) is 14.7. The minimum Gasteiger partial charge on any atom is -0.507 e. The number of benzene rings is 2. The van der Waals surface area contributed by atoms with Gasteiger partial charge in [0.1, 0.15) is 11.5 Å². The van der Waals surface area contributed by atoms with Crippen LogP contribution in [0.1, 0.15) is 10.4 Å². The Morgan fingerprint density at radius 1 is 1.14 bits per heavy atom. The van der Waals surface area contributed by atoms with Crippen LogP contribution in [-0.4, -0.2) is 17.4 Å². The second-order valence-electron chi connectivity index (χ2n) is 4.17. The largest absolute Gasteiger partial charge is 0.573 e. The number of rotatable bonds is 3. The topological polar surface area (TPSA) is 72.6 Å². The summed E-state index contributed by atoms with van der Waals surface area (Å²) in [6.07, 6.45) is -4.80. The molecular formula is C14H10F3NO3. The fourth-order valence-electron chi connectivity index (χ4n) is 1.79. The van der Waals surface area contributed by atoms with Gasteiger partial charge >= 0.3 is 6.36 Å². The molecular weight excluding hydrogens is 287 g/mol. The molecule has 7 heteroatoms. The number of halogens is 3. The zero-order chi connectivity index (χ0) is 15.6. The van der Waals surface area contributed by atoms with Gasteiger partial charge in [0.15, 0.2) is 0 Å². The van der Waals surface area contributed by atoms with E-state index in [0.29, 0.717) is 5.56 Å². The maximum Gasteiger partial charge on any atom is 0.573 e. The summed E-state index contributed by atoms with van der Waals surface area (Å²) in [5.41, 5.74) is 5.73. The molecule has 0 saturated carbocycles. The highest BCUT2D eigenvalue weighted by molar-refractivity contribution is 5.94. The smallest absolute Gasteiger partial charge is 0.507 e. The molecule has 110 valence electrons. The third-order valence-electron chi connectivity index (χ3n) is 2.66. The number of ether oxygens (including phenoxy) is 1. The minimum absolute atomic E-state index is 0.0962. The Kier molecular flexibility index (Phi) is 3.75. The Morgan fingerprint density at radius 2 is 1.86 bits per heavy atom. The van der Waals surface area contributed by atoms with E-state index in [9.17, 15) is 23.1 Å². The lowest BCUT2D eigenvalue weighted by Gasteiger charge is -2.11. The Hall–Kier alpha value is -2.70. The molecule has 2 aromatic carbocycles. The summed E-state index contributed by atoms with van der Waals surface area (Å²) in [6.45, 7) is 0. The van der Waals surface area contributed by atoms with Crippen LogP contribution in [0.15, 0.2) is 42.5 Å². The summed E-state index contributed by atoms with van der Waals surface area (Å²) in [5, 5.41) is 9.85. The average molecular weight is 297 g/mol. The molecule has 0 aliphatic rings. The molecule has 0 aromatic heterocycles. The van der Waals surface area contributed by atoms with Crippen LogP contribution in [-0.2, 0) is 0 Å². The van der Waals surface area contributed by atoms with E-state index in [1.54, 1.807) is 0 Å². The average Bonchev–Trinajstić information content (AvgIpc) is 2.36. The van der Waals surface area contributed by atoms with E-state index in [2.05, 4.69) is 4.74 Å². The number of phenols is 1. The Morgan fingerprint density at radius 3 is 2.43 bits per heavy atom. The van der Waals surface area contributed by atoms with Gasteiger partial charge in [-0.05, 0) is 35.9 Å². The number of hydrogen-bond acceptors (Lipinski definition) is 3. The van der Waals surface area contributed by atoms with Crippen LogP contribution in [0.2, 0.25) is 0 Å². The number of hydrogen-bond donors (Lipinski definition) is 2. The second-order valence-corrected chi connectivity index (χ2v) is 4.17. The molecule has 0 unspecified atom stereocenters. The van der Waals surface area contributed by atoms with Crippen LogP contribution in [0.25, 0.3) is 11.1 Å². The predicted octanol–water partition coefficient (Wildman–Crippen LogP) is 3.06. The van der Waals surface area contributed by atoms with Crippen LogP contribution in [0.4, 0.5) is 13.2 Å². The fraction of sp³-hybridized carbons (Fsp3) is 0.0714. The van der Waals surface area contributed by atoms with Gasteiger partial charge in [0.25, 0.3) is 0 Å². The molecule has 0 atom stereocenters. The van der Waals surface area contributed by atoms with E-state index >= 15 is 0 Å². The number of phenolic OH excluding ortho intramolecular Hbond substituents is 1. The molecule has 3 N–H and O–H groups in total. The summed E-state index contributed by atoms with van der Waals surface area (Å²) >= 11 is 0. The first-order valence-corrected chi connectivity index (χ1v) is 5.75. The first-order valence-electron chi connectivity index (χ1n) is 5.75. The molecule has 0 fully saturated rings. The van der Waals surface area contributed by atoms with Crippen molar-refractivity contribution in [3.63, 3.8) is 0 Å². The van der Waals surface area contributed by atoms with Gasteiger partial charge in [0, 0.05) is 11.1 Å². The van der Waals surface area contributed by atoms with Gasteiger partial charge in [-0.3, -0.25) is 4.79 Å². The van der Waals surface area contributed by atoms with E-state index < -0.39 is 18.0 Å². The van der Waals surface area contributed by atoms with Gasteiger partial charge in [-0.1, -0.05) is 12.1 Å². The van der Waals surface area contributed by atoms with Crippen LogP contribution >= 0.6 is 0 Å². The molecule has 0 bridgehead atoms. The lowest BCUT2D eigenvalue weighted by atomic mass is 10.0. The highest BCUT2D eigenvalue weighted by Gasteiger charge is 2.31. The van der Waals surface area contributed by atoms with Gasteiger partial charge in [0.05, 0.1) is 0 Å².